The molecule has 0 bridgehead atoms. The molecule has 0 aliphatic rings. The van der Waals surface area contributed by atoms with E-state index in [2.05, 4.69) is 20.6 Å². The van der Waals surface area contributed by atoms with Crippen molar-refractivity contribution in [1.82, 2.24) is 0 Å². The van der Waals surface area contributed by atoms with Gasteiger partial charge in [0.15, 0.2) is 41.2 Å². The third kappa shape index (κ3) is 10100. The van der Waals surface area contributed by atoms with E-state index in [1.807, 2.05) is 0 Å². The average molecular weight is 524 g/mol. The van der Waals surface area contributed by atoms with E-state index in [0.29, 0.717) is 0 Å². The molecular weight excluding hydrogens is 516 g/mol. The summed E-state index contributed by atoms with van der Waals surface area (Å²) in [7, 11) is -17.7. The second-order valence-electron chi connectivity index (χ2n) is 1.97. The third-order valence-electron chi connectivity index (χ3n) is 0. The molecule has 0 saturated carbocycles. The summed E-state index contributed by atoms with van der Waals surface area (Å²) in [5, 5.41) is 15.1. The van der Waals surface area contributed by atoms with Gasteiger partial charge in [0.05, 0.1) is 0 Å². The normalized spacial score (nSPS) is 11.0. The smallest absolute Gasteiger partial charge is 0.736 e. The maximum Gasteiger partial charge on any atom is 4.00 e. The van der Waals surface area contributed by atoms with Gasteiger partial charge in [-0.3, -0.25) is 0 Å². The predicted octanol–water partition coefficient (Wildman–Crippen LogP) is -6.38. The van der Waals surface area contributed by atoms with E-state index in [1.54, 1.807) is 0 Å². The first-order chi connectivity index (χ1) is 8.00. The van der Waals surface area contributed by atoms with E-state index in [0.717, 1.165) is 0 Å². The molecule has 0 aromatic heterocycles. The quantitative estimate of drug-likeness (QED) is 0.215. The Morgan fingerprint density at radius 3 is 0.429 bits per heavy atom. The minimum Gasteiger partial charge on any atom is -0.736 e. The van der Waals surface area contributed by atoms with Crippen molar-refractivity contribution < 1.29 is 93.6 Å². The maximum absolute atomic E-state index is 8.85. The van der Waals surface area contributed by atoms with Crippen molar-refractivity contribution in [3.63, 3.8) is 0 Å². The van der Waals surface area contributed by atoms with E-state index in [1.165, 1.54) is 0 Å². The first-order valence-corrected chi connectivity index (χ1v) is 8.83. The summed E-state index contributed by atoms with van der Waals surface area (Å²) in [4.78, 5) is 0. The van der Waals surface area contributed by atoms with Crippen LogP contribution >= 0.6 is 0 Å². The molecule has 21 heteroatoms. The Bertz CT molecular complexity index is 486. The van der Waals surface area contributed by atoms with Crippen molar-refractivity contribution in [3.05, 3.63) is 0 Å². The van der Waals surface area contributed by atoms with Crippen LogP contribution in [0.3, 0.4) is 0 Å². The molecule has 16 nitrogen and oxygen atoms in total. The molecule has 21 heavy (non-hydrogen) atoms. The average Bonchev–Trinajstić information content (AvgIpc) is 1.62. The van der Waals surface area contributed by atoms with Gasteiger partial charge in [-0.25, -0.2) is 54.2 Å². The Morgan fingerprint density at radius 2 is 0.429 bits per heavy atom. The minimum atomic E-state index is -4.42. The van der Waals surface area contributed by atoms with Gasteiger partial charge in [0.2, 0.25) is 0 Å². The molecule has 128 valence electrons. The van der Waals surface area contributed by atoms with Crippen LogP contribution in [0.25, 0.3) is 0 Å². The third-order valence-corrected chi connectivity index (χ3v) is 0. The van der Waals surface area contributed by atoms with Crippen LogP contribution < -0.4 is 20.6 Å². The summed E-state index contributed by atoms with van der Waals surface area (Å²) >= 11 is 0. The van der Waals surface area contributed by atoms with Crippen LogP contribution in [0.15, 0.2) is 0 Å². The zero-order chi connectivity index (χ0) is 18.0. The molecule has 0 radical (unpaired) electrons. The zero-order valence-electron chi connectivity index (χ0n) is 9.34. The van der Waals surface area contributed by atoms with Crippen molar-refractivity contribution in [3.8, 4) is 0 Å². The van der Waals surface area contributed by atoms with Crippen molar-refractivity contribution in [2.24, 2.45) is 20.6 Å². The summed E-state index contributed by atoms with van der Waals surface area (Å²) in [5.41, 5.74) is 0. The summed E-state index contributed by atoms with van der Waals surface area (Å²) in [6.45, 7) is 0. The van der Waals surface area contributed by atoms with Crippen molar-refractivity contribution in [2.75, 3.05) is 0 Å². The fraction of sp³-hybridized carbons (Fsp3) is 0. The van der Waals surface area contributed by atoms with E-state index in [4.69, 9.17) is 51.9 Å². The summed E-state index contributed by atoms with van der Waals surface area (Å²) < 4.78 is 106. The molecule has 0 fully saturated rings. The Labute approximate surface area is 154 Å². The van der Waals surface area contributed by atoms with Gasteiger partial charge in [0.25, 0.3) is 0 Å². The SMILES string of the molecule is NS(=O)(=O)[O-].NS(=O)(=O)[O-].NS(=O)(=O)[O-].NS(=O)(=O)[O-].[Ce+4]. The van der Waals surface area contributed by atoms with Crippen LogP contribution in [0.1, 0.15) is 0 Å². The molecule has 0 spiro atoms. The van der Waals surface area contributed by atoms with Crippen molar-refractivity contribution in [1.29, 1.82) is 0 Å². The van der Waals surface area contributed by atoms with Crippen LogP contribution in [0, 0.1) is 41.7 Å². The molecule has 0 aliphatic heterocycles. The Balaban J connectivity index is -0.0000000533. The Morgan fingerprint density at radius 1 is 0.429 bits per heavy atom. The number of nitrogens with two attached hydrogens (primary N) is 4. The molecule has 0 aliphatic carbocycles. The fourth-order valence-corrected chi connectivity index (χ4v) is 0. The van der Waals surface area contributed by atoms with Crippen LogP contribution in [-0.2, 0) is 41.2 Å². The predicted molar refractivity (Wildman–Crippen MR) is 55.5 cm³/mol. The Hall–Kier alpha value is 0.857. The first-order valence-electron chi connectivity index (χ1n) is 2.94. The van der Waals surface area contributed by atoms with Gasteiger partial charge in [-0.2, -0.15) is 0 Å². The van der Waals surface area contributed by atoms with E-state index < -0.39 is 41.2 Å². The standard InChI is InChI=1S/Ce.4H3NO3S/c;4*1-5(2,3)4/h;4*(H3,1,2,3,4)/q+4;;;;/p-4. The fourth-order valence-electron chi connectivity index (χ4n) is 0. The number of hydrogen-bond donors (Lipinski definition) is 4. The number of hydrogen-bond acceptors (Lipinski definition) is 12. The van der Waals surface area contributed by atoms with Crippen molar-refractivity contribution in [2.45, 2.75) is 0 Å². The second-order valence-corrected chi connectivity index (χ2v) is 5.91. The van der Waals surface area contributed by atoms with Gasteiger partial charge in [-0.1, -0.05) is 0 Å². The van der Waals surface area contributed by atoms with E-state index in [9.17, 15) is 0 Å². The molecule has 0 saturated heterocycles. The van der Waals surface area contributed by atoms with Gasteiger partial charge in [-0.15, -0.1) is 0 Å². The van der Waals surface area contributed by atoms with Crippen LogP contribution in [0.5, 0.6) is 0 Å². The molecule has 0 aromatic rings. The molecule has 0 heterocycles. The molecule has 0 unspecified atom stereocenters. The van der Waals surface area contributed by atoms with Crippen LogP contribution in [0.4, 0.5) is 0 Å². The largest absolute Gasteiger partial charge is 4.00 e. The molecule has 0 rings (SSSR count). The zero-order valence-corrected chi connectivity index (χ0v) is 15.7. The molecule has 0 amide bonds. The maximum atomic E-state index is 8.85. The van der Waals surface area contributed by atoms with Gasteiger partial charge >= 0.3 is 41.7 Å². The summed E-state index contributed by atoms with van der Waals surface area (Å²) in [6, 6.07) is 0. The van der Waals surface area contributed by atoms with E-state index >= 15 is 0 Å². The van der Waals surface area contributed by atoms with Gasteiger partial charge in [0.1, 0.15) is 0 Å². The Kier molecular flexibility index (Phi) is 21.2. The molecule has 8 N–H and O–H groups in total. The second kappa shape index (κ2) is 13.3. The van der Waals surface area contributed by atoms with Crippen molar-refractivity contribution >= 4 is 41.2 Å². The number of rotatable bonds is 0. The molecule has 0 atom stereocenters. The summed E-state index contributed by atoms with van der Waals surface area (Å²) in [6.07, 6.45) is 0. The molecular formula is H8CeN4O12S4. The summed E-state index contributed by atoms with van der Waals surface area (Å²) in [5.74, 6) is 0. The first kappa shape index (κ1) is 33.5. The molecule has 0 aromatic carbocycles. The monoisotopic (exact) mass is 524 g/mol. The van der Waals surface area contributed by atoms with Gasteiger partial charge in [0, 0.05) is 0 Å². The van der Waals surface area contributed by atoms with Crippen LogP contribution in [0.2, 0.25) is 0 Å². The van der Waals surface area contributed by atoms with Gasteiger partial charge < -0.3 is 18.2 Å². The van der Waals surface area contributed by atoms with Crippen LogP contribution in [-0.4, -0.2) is 51.9 Å². The minimum absolute atomic E-state index is 0. The van der Waals surface area contributed by atoms with E-state index in [-0.39, 0.29) is 41.7 Å². The topological polar surface area (TPSA) is 333 Å². The van der Waals surface area contributed by atoms with Gasteiger partial charge in [-0.05, 0) is 0 Å².